The van der Waals surface area contributed by atoms with E-state index in [1.807, 2.05) is 19.1 Å². The van der Waals surface area contributed by atoms with Gasteiger partial charge in [0.05, 0.1) is 17.8 Å². The zero-order valence-electron chi connectivity index (χ0n) is 12.0. The molecule has 0 fully saturated rings. The zero-order valence-corrected chi connectivity index (χ0v) is 12.8. The van der Waals surface area contributed by atoms with Crippen molar-refractivity contribution in [2.24, 2.45) is 0 Å². The summed E-state index contributed by atoms with van der Waals surface area (Å²) >= 11 is 1.01. The summed E-state index contributed by atoms with van der Waals surface area (Å²) in [6.45, 7) is 3.50. The number of carbonyl (C=O) groups excluding carboxylic acids is 1. The number of hydrogen-bond donors (Lipinski definition) is 1. The molecular weight excluding hydrogens is 290 g/mol. The van der Waals surface area contributed by atoms with Crippen LogP contribution < -0.4 is 4.90 Å². The highest BCUT2D eigenvalue weighted by Gasteiger charge is 2.24. The molecule has 2 aromatic rings. The Kier molecular flexibility index (Phi) is 4.32. The van der Waals surface area contributed by atoms with E-state index in [1.54, 1.807) is 20.2 Å². The van der Waals surface area contributed by atoms with Crippen molar-refractivity contribution in [1.82, 2.24) is 9.36 Å². The second-order valence-electron chi connectivity index (χ2n) is 4.65. The van der Waals surface area contributed by atoms with E-state index in [2.05, 4.69) is 9.36 Å². The summed E-state index contributed by atoms with van der Waals surface area (Å²) in [5.41, 5.74) is 2.11. The van der Waals surface area contributed by atoms with Crippen molar-refractivity contribution in [3.8, 4) is 0 Å². The van der Waals surface area contributed by atoms with Crippen LogP contribution in [0.4, 0.5) is 5.00 Å². The zero-order chi connectivity index (χ0) is 15.6. The molecule has 6 nitrogen and oxygen atoms in total. The van der Waals surface area contributed by atoms with Gasteiger partial charge in [-0.25, -0.2) is 4.79 Å². The number of aryl methyl sites for hydroxylation is 2. The fraction of sp³-hybridized carbons (Fsp3) is 0.286. The first-order valence-corrected chi connectivity index (χ1v) is 7.05. The van der Waals surface area contributed by atoms with Gasteiger partial charge in [0.1, 0.15) is 10.6 Å². The van der Waals surface area contributed by atoms with Gasteiger partial charge in [0.15, 0.2) is 0 Å². The van der Waals surface area contributed by atoms with Gasteiger partial charge in [0.25, 0.3) is 0 Å². The lowest BCUT2D eigenvalue weighted by Gasteiger charge is -2.16. The van der Waals surface area contributed by atoms with Gasteiger partial charge in [-0.1, -0.05) is 6.07 Å². The molecule has 0 aliphatic heterocycles. The number of anilines is 1. The van der Waals surface area contributed by atoms with Gasteiger partial charge in [-0.3, -0.25) is 9.78 Å². The van der Waals surface area contributed by atoms with Crippen molar-refractivity contribution in [2.45, 2.75) is 20.3 Å². The van der Waals surface area contributed by atoms with Crippen molar-refractivity contribution < 1.29 is 14.7 Å². The van der Waals surface area contributed by atoms with Gasteiger partial charge in [0, 0.05) is 13.2 Å². The third-order valence-corrected chi connectivity index (χ3v) is 4.19. The number of nitrogens with zero attached hydrogens (tertiary/aromatic N) is 3. The first-order valence-electron chi connectivity index (χ1n) is 6.28. The molecule has 110 valence electrons. The number of carboxylic acid groups (broad SMARTS) is 1. The van der Waals surface area contributed by atoms with Crippen molar-refractivity contribution in [2.75, 3.05) is 11.9 Å². The van der Waals surface area contributed by atoms with Crippen LogP contribution in [-0.4, -0.2) is 33.4 Å². The van der Waals surface area contributed by atoms with E-state index in [9.17, 15) is 14.7 Å². The molecule has 1 N–H and O–H groups in total. The summed E-state index contributed by atoms with van der Waals surface area (Å²) in [4.78, 5) is 29.1. The van der Waals surface area contributed by atoms with Crippen molar-refractivity contribution in [1.29, 1.82) is 0 Å². The van der Waals surface area contributed by atoms with Crippen LogP contribution in [-0.2, 0) is 11.2 Å². The number of likely N-dealkylation sites (N-methyl/N-ethyl adjacent to an activating group) is 1. The van der Waals surface area contributed by atoms with Crippen LogP contribution >= 0.6 is 11.5 Å². The van der Waals surface area contributed by atoms with Gasteiger partial charge >= 0.3 is 5.97 Å². The second-order valence-corrected chi connectivity index (χ2v) is 5.40. The molecule has 7 heteroatoms. The van der Waals surface area contributed by atoms with E-state index in [0.29, 0.717) is 16.4 Å². The van der Waals surface area contributed by atoms with E-state index < -0.39 is 5.97 Å². The van der Waals surface area contributed by atoms with Gasteiger partial charge in [-0.05, 0) is 37.0 Å². The minimum absolute atomic E-state index is 0.0774. The molecule has 2 heterocycles. The number of pyridine rings is 1. The van der Waals surface area contributed by atoms with Crippen LogP contribution in [0.15, 0.2) is 18.3 Å². The van der Waals surface area contributed by atoms with Crippen LogP contribution in [0.5, 0.6) is 0 Å². The van der Waals surface area contributed by atoms with Crippen molar-refractivity contribution in [3.63, 3.8) is 0 Å². The molecule has 1 amide bonds. The lowest BCUT2D eigenvalue weighted by Crippen LogP contribution is -2.29. The van der Waals surface area contributed by atoms with Crippen LogP contribution in [0.1, 0.15) is 27.3 Å². The Morgan fingerprint density at radius 2 is 2.10 bits per heavy atom. The number of carboxylic acids is 1. The molecule has 0 atom stereocenters. The maximum Gasteiger partial charge on any atom is 0.340 e. The monoisotopic (exact) mass is 305 g/mol. The van der Waals surface area contributed by atoms with Crippen LogP contribution in [0, 0.1) is 13.8 Å². The predicted molar refractivity (Wildman–Crippen MR) is 79.9 cm³/mol. The van der Waals surface area contributed by atoms with Crippen LogP contribution in [0.3, 0.4) is 0 Å². The highest BCUT2D eigenvalue weighted by Crippen LogP contribution is 2.28. The first kappa shape index (κ1) is 15.1. The molecule has 0 aromatic carbocycles. The maximum atomic E-state index is 12.3. The fourth-order valence-corrected chi connectivity index (χ4v) is 2.78. The largest absolute Gasteiger partial charge is 0.478 e. The highest BCUT2D eigenvalue weighted by molar-refractivity contribution is 7.11. The summed E-state index contributed by atoms with van der Waals surface area (Å²) in [5, 5.41) is 9.56. The Bertz CT molecular complexity index is 697. The molecule has 0 spiro atoms. The number of carbonyl (C=O) groups is 2. The second kappa shape index (κ2) is 6.01. The van der Waals surface area contributed by atoms with E-state index >= 15 is 0 Å². The molecule has 0 saturated carbocycles. The minimum atomic E-state index is -1.08. The molecule has 0 bridgehead atoms. The molecule has 0 unspecified atom stereocenters. The molecule has 2 rings (SSSR count). The smallest absolute Gasteiger partial charge is 0.340 e. The third kappa shape index (κ3) is 3.08. The fourth-order valence-electron chi connectivity index (χ4n) is 1.91. The summed E-state index contributed by atoms with van der Waals surface area (Å²) in [6.07, 6.45) is 1.76. The summed E-state index contributed by atoms with van der Waals surface area (Å²) in [7, 11) is 1.56. The maximum absolute atomic E-state index is 12.3. The summed E-state index contributed by atoms with van der Waals surface area (Å²) < 4.78 is 4.02. The average molecular weight is 305 g/mol. The van der Waals surface area contributed by atoms with Crippen LogP contribution in [0.25, 0.3) is 0 Å². The van der Waals surface area contributed by atoms with Gasteiger partial charge < -0.3 is 10.0 Å². The lowest BCUT2D eigenvalue weighted by molar-refractivity contribution is -0.117. The molecule has 2 aromatic heterocycles. The molecule has 0 aliphatic rings. The Balaban J connectivity index is 2.24. The first-order chi connectivity index (χ1) is 9.91. The third-order valence-electron chi connectivity index (χ3n) is 3.17. The lowest BCUT2D eigenvalue weighted by atomic mass is 10.1. The van der Waals surface area contributed by atoms with E-state index in [0.717, 1.165) is 17.1 Å². The van der Waals surface area contributed by atoms with Gasteiger partial charge in [-0.2, -0.15) is 4.37 Å². The predicted octanol–water partition coefficient (Wildman–Crippen LogP) is 2.06. The minimum Gasteiger partial charge on any atom is -0.478 e. The number of aromatic nitrogens is 2. The molecule has 0 saturated heterocycles. The van der Waals surface area contributed by atoms with Gasteiger partial charge in [0.2, 0.25) is 5.91 Å². The molecular formula is C14H15N3O3S. The topological polar surface area (TPSA) is 83.4 Å². The van der Waals surface area contributed by atoms with E-state index in [1.165, 1.54) is 4.90 Å². The number of aromatic carboxylic acids is 1. The van der Waals surface area contributed by atoms with E-state index in [4.69, 9.17) is 0 Å². The average Bonchev–Trinajstić information content (AvgIpc) is 2.82. The van der Waals surface area contributed by atoms with Crippen molar-refractivity contribution >= 4 is 28.4 Å². The number of amides is 1. The van der Waals surface area contributed by atoms with Gasteiger partial charge in [-0.15, -0.1) is 0 Å². The number of hydrogen-bond acceptors (Lipinski definition) is 5. The Morgan fingerprint density at radius 3 is 2.71 bits per heavy atom. The molecule has 21 heavy (non-hydrogen) atoms. The Labute approximate surface area is 126 Å². The summed E-state index contributed by atoms with van der Waals surface area (Å²) in [6, 6.07) is 3.69. The Morgan fingerprint density at radius 1 is 1.38 bits per heavy atom. The molecule has 0 aliphatic carbocycles. The Hall–Kier alpha value is -2.28. The quantitative estimate of drug-likeness (QED) is 0.934. The highest BCUT2D eigenvalue weighted by atomic mass is 32.1. The standard InChI is InChI=1S/C14H15N3O3S/c1-8-5-4-6-15-10(8)7-11(18)17(3)13-12(14(19)20)9(2)16-21-13/h4-6H,7H2,1-3H3,(H,19,20). The number of rotatable bonds is 4. The van der Waals surface area contributed by atoms with E-state index in [-0.39, 0.29) is 17.9 Å². The normalized spacial score (nSPS) is 10.4. The molecule has 0 radical (unpaired) electrons. The summed E-state index contributed by atoms with van der Waals surface area (Å²) in [5.74, 6) is -1.30. The SMILES string of the molecule is Cc1cccnc1CC(=O)N(C)c1snc(C)c1C(=O)O. The van der Waals surface area contributed by atoms with Crippen molar-refractivity contribution in [3.05, 3.63) is 40.8 Å². The van der Waals surface area contributed by atoms with Crippen LogP contribution in [0.2, 0.25) is 0 Å².